The number of imidazole rings is 1. The molecule has 3 aromatic rings. The van der Waals surface area contributed by atoms with Crippen LogP contribution in [0.1, 0.15) is 5.56 Å². The minimum Gasteiger partial charge on any atom is -0.481 e. The molecule has 0 saturated carbocycles. The molecule has 11 heteroatoms. The highest BCUT2D eigenvalue weighted by Gasteiger charge is 2.43. The van der Waals surface area contributed by atoms with Crippen molar-refractivity contribution >= 4 is 46.2 Å². The molecule has 1 saturated heterocycles. The molecule has 2 aromatic carbocycles. The topological polar surface area (TPSA) is 105 Å². The maximum absolute atomic E-state index is 13.7. The van der Waals surface area contributed by atoms with E-state index < -0.39 is 29.6 Å². The SMILES string of the molecule is Cn1c(=O)n(C)c2cc(N3CC(C(=O)O)C(=O)N(Cc4cc(F)cc(Cl)c4)C3=O)ccc21. The van der Waals surface area contributed by atoms with Crippen LogP contribution in [-0.2, 0) is 30.2 Å². The summed E-state index contributed by atoms with van der Waals surface area (Å²) in [5.74, 6) is -4.44. The molecule has 0 aliphatic carbocycles. The number of aromatic nitrogens is 2. The van der Waals surface area contributed by atoms with E-state index in [1.807, 2.05) is 0 Å². The van der Waals surface area contributed by atoms with E-state index in [-0.39, 0.29) is 29.4 Å². The van der Waals surface area contributed by atoms with Gasteiger partial charge in [0, 0.05) is 31.4 Å². The first-order chi connectivity index (χ1) is 15.1. The predicted octanol–water partition coefficient (Wildman–Crippen LogP) is 2.34. The molecule has 1 fully saturated rings. The summed E-state index contributed by atoms with van der Waals surface area (Å²) in [5.41, 5.74) is 1.47. The van der Waals surface area contributed by atoms with Gasteiger partial charge in [0.2, 0.25) is 5.91 Å². The quantitative estimate of drug-likeness (QED) is 0.602. The Morgan fingerprint density at radius 3 is 2.44 bits per heavy atom. The second-order valence-electron chi connectivity index (χ2n) is 7.56. The van der Waals surface area contributed by atoms with Crippen LogP contribution >= 0.6 is 11.6 Å². The molecule has 9 nitrogen and oxygen atoms in total. The number of rotatable bonds is 4. The smallest absolute Gasteiger partial charge is 0.331 e. The third-order valence-corrected chi connectivity index (χ3v) is 5.74. The lowest BCUT2D eigenvalue weighted by Gasteiger charge is -2.37. The monoisotopic (exact) mass is 460 g/mol. The molecule has 0 radical (unpaired) electrons. The number of urea groups is 1. The van der Waals surface area contributed by atoms with E-state index in [1.54, 1.807) is 32.3 Å². The Kier molecular flexibility index (Phi) is 5.25. The fraction of sp³-hybridized carbons (Fsp3) is 0.238. The molecule has 1 atom stereocenters. The van der Waals surface area contributed by atoms with Crippen LogP contribution in [0.2, 0.25) is 5.02 Å². The van der Waals surface area contributed by atoms with E-state index in [0.29, 0.717) is 16.7 Å². The van der Waals surface area contributed by atoms with Gasteiger partial charge < -0.3 is 5.11 Å². The second kappa shape index (κ2) is 7.79. The molecule has 32 heavy (non-hydrogen) atoms. The number of amides is 3. The molecule has 4 rings (SSSR count). The summed E-state index contributed by atoms with van der Waals surface area (Å²) in [4.78, 5) is 51.9. The van der Waals surface area contributed by atoms with E-state index in [4.69, 9.17) is 11.6 Å². The van der Waals surface area contributed by atoms with Gasteiger partial charge in [-0.05, 0) is 42.0 Å². The van der Waals surface area contributed by atoms with Crippen molar-refractivity contribution in [2.75, 3.05) is 11.4 Å². The Labute approximate surface area is 185 Å². The minimum absolute atomic E-state index is 0.0824. The van der Waals surface area contributed by atoms with Gasteiger partial charge in [-0.1, -0.05) is 11.6 Å². The number of halogens is 2. The molecule has 166 valence electrons. The van der Waals surface area contributed by atoms with Crippen LogP contribution in [-0.4, -0.2) is 43.6 Å². The lowest BCUT2D eigenvalue weighted by molar-refractivity contribution is -0.150. The van der Waals surface area contributed by atoms with Gasteiger partial charge in [0.1, 0.15) is 5.82 Å². The first-order valence-corrected chi connectivity index (χ1v) is 9.92. The van der Waals surface area contributed by atoms with E-state index in [0.717, 1.165) is 21.9 Å². The van der Waals surface area contributed by atoms with Crippen LogP contribution in [0.5, 0.6) is 0 Å². The van der Waals surface area contributed by atoms with Crippen LogP contribution in [0.3, 0.4) is 0 Å². The standard InChI is InChI=1S/C21H18ClFN4O5/c1-24-16-4-3-14(8-17(16)25(2)20(24)31)26-10-15(19(29)30)18(28)27(21(26)32)9-11-5-12(22)7-13(23)6-11/h3-8,15H,9-10H2,1-2H3,(H,29,30). The zero-order valence-electron chi connectivity index (χ0n) is 17.1. The number of imide groups is 1. The molecule has 1 aromatic heterocycles. The summed E-state index contributed by atoms with van der Waals surface area (Å²) in [5, 5.41) is 9.65. The first kappa shape index (κ1) is 21.6. The zero-order chi connectivity index (χ0) is 23.3. The molecule has 0 spiro atoms. The van der Waals surface area contributed by atoms with E-state index >= 15 is 0 Å². The Morgan fingerprint density at radius 1 is 1.09 bits per heavy atom. The highest BCUT2D eigenvalue weighted by molar-refractivity contribution is 6.30. The van der Waals surface area contributed by atoms with Gasteiger partial charge in [-0.15, -0.1) is 0 Å². The van der Waals surface area contributed by atoms with Crippen molar-refractivity contribution in [1.29, 1.82) is 0 Å². The number of fused-ring (bicyclic) bond motifs is 1. The Bertz CT molecular complexity index is 1330. The largest absolute Gasteiger partial charge is 0.481 e. The lowest BCUT2D eigenvalue weighted by Crippen LogP contribution is -2.58. The maximum Gasteiger partial charge on any atom is 0.331 e. The molecular weight excluding hydrogens is 443 g/mol. The number of benzene rings is 2. The van der Waals surface area contributed by atoms with Gasteiger partial charge in [-0.2, -0.15) is 0 Å². The van der Waals surface area contributed by atoms with Crippen molar-refractivity contribution in [3.63, 3.8) is 0 Å². The summed E-state index contributed by atoms with van der Waals surface area (Å²) in [6, 6.07) is 7.64. The van der Waals surface area contributed by atoms with Crippen LogP contribution in [0, 0.1) is 11.7 Å². The maximum atomic E-state index is 13.7. The number of nitrogens with zero attached hydrogens (tertiary/aromatic N) is 4. The first-order valence-electron chi connectivity index (χ1n) is 9.54. The summed E-state index contributed by atoms with van der Waals surface area (Å²) in [7, 11) is 3.19. The van der Waals surface area contributed by atoms with Gasteiger partial charge in [0.25, 0.3) is 0 Å². The van der Waals surface area contributed by atoms with Gasteiger partial charge in [0.05, 0.1) is 17.6 Å². The average Bonchev–Trinajstić information content (AvgIpc) is 2.94. The molecular formula is C21H18ClFN4O5. The minimum atomic E-state index is -1.51. The Morgan fingerprint density at radius 2 is 1.78 bits per heavy atom. The number of carboxylic acid groups (broad SMARTS) is 1. The third kappa shape index (κ3) is 3.52. The van der Waals surface area contributed by atoms with Crippen molar-refractivity contribution in [2.45, 2.75) is 6.54 Å². The molecule has 1 N–H and O–H groups in total. The number of aryl methyl sites for hydroxylation is 2. The van der Waals surface area contributed by atoms with E-state index in [2.05, 4.69) is 0 Å². The van der Waals surface area contributed by atoms with Crippen LogP contribution in [0.15, 0.2) is 41.2 Å². The number of hydrogen-bond donors (Lipinski definition) is 1. The molecule has 1 unspecified atom stereocenters. The molecule has 0 bridgehead atoms. The molecule has 1 aliphatic rings. The van der Waals surface area contributed by atoms with Crippen LogP contribution in [0.25, 0.3) is 11.0 Å². The normalized spacial score (nSPS) is 16.8. The molecule has 1 aliphatic heterocycles. The van der Waals surface area contributed by atoms with Gasteiger partial charge >= 0.3 is 17.7 Å². The fourth-order valence-electron chi connectivity index (χ4n) is 3.86. The number of carbonyl (C=O) groups excluding carboxylic acids is 2. The summed E-state index contributed by atoms with van der Waals surface area (Å²) < 4.78 is 16.6. The number of aliphatic carboxylic acids is 1. The number of hydrogen-bond acceptors (Lipinski definition) is 4. The third-order valence-electron chi connectivity index (χ3n) is 5.52. The highest BCUT2D eigenvalue weighted by Crippen LogP contribution is 2.28. The number of anilines is 1. The van der Waals surface area contributed by atoms with Crippen LogP contribution in [0.4, 0.5) is 14.9 Å². The Balaban J connectivity index is 1.76. The fourth-order valence-corrected chi connectivity index (χ4v) is 4.10. The Hall–Kier alpha value is -3.66. The second-order valence-corrected chi connectivity index (χ2v) is 8.00. The van der Waals surface area contributed by atoms with Crippen molar-refractivity contribution in [3.8, 4) is 0 Å². The number of carbonyl (C=O) groups is 3. The van der Waals surface area contributed by atoms with Gasteiger partial charge in [0.15, 0.2) is 5.92 Å². The van der Waals surface area contributed by atoms with Crippen molar-refractivity contribution in [1.82, 2.24) is 14.0 Å². The van der Waals surface area contributed by atoms with Crippen LogP contribution < -0.4 is 10.6 Å². The van der Waals surface area contributed by atoms with Gasteiger partial charge in [-0.25, -0.2) is 14.0 Å². The lowest BCUT2D eigenvalue weighted by atomic mass is 10.0. The van der Waals surface area contributed by atoms with Crippen molar-refractivity contribution < 1.29 is 23.9 Å². The molecule has 2 heterocycles. The average molecular weight is 461 g/mol. The summed E-state index contributed by atoms with van der Waals surface area (Å²) >= 11 is 5.87. The highest BCUT2D eigenvalue weighted by atomic mass is 35.5. The molecule has 3 amide bonds. The number of carboxylic acids is 1. The van der Waals surface area contributed by atoms with Gasteiger partial charge in [-0.3, -0.25) is 28.5 Å². The zero-order valence-corrected chi connectivity index (χ0v) is 17.8. The summed E-state index contributed by atoms with van der Waals surface area (Å²) in [6.07, 6.45) is 0. The predicted molar refractivity (Wildman–Crippen MR) is 114 cm³/mol. The van der Waals surface area contributed by atoms with Crippen molar-refractivity contribution in [3.05, 3.63) is 63.3 Å². The van der Waals surface area contributed by atoms with Crippen molar-refractivity contribution in [2.24, 2.45) is 20.0 Å². The van der Waals surface area contributed by atoms with E-state index in [1.165, 1.54) is 15.2 Å². The summed E-state index contributed by atoms with van der Waals surface area (Å²) in [6.45, 7) is -0.721. The van der Waals surface area contributed by atoms with E-state index in [9.17, 15) is 28.7 Å².